The van der Waals surface area contributed by atoms with Gasteiger partial charge in [-0.25, -0.2) is 0 Å². The number of carbonyl (C=O) groups is 1. The molecule has 0 spiro atoms. The molecule has 1 atom stereocenters. The lowest BCUT2D eigenvalue weighted by molar-refractivity contribution is -0.128. The van der Waals surface area contributed by atoms with Crippen molar-refractivity contribution in [3.8, 4) is 5.75 Å². The smallest absolute Gasteiger partial charge is 0.261 e. The van der Waals surface area contributed by atoms with Crippen LogP contribution in [-0.2, 0) is 11.2 Å². The zero-order valence-corrected chi connectivity index (χ0v) is 15.9. The number of amides is 1. The maximum Gasteiger partial charge on any atom is 0.261 e. The largest absolute Gasteiger partial charge is 0.481 e. The highest BCUT2D eigenvalue weighted by atomic mass is 35.5. The number of halogens is 1. The van der Waals surface area contributed by atoms with Crippen molar-refractivity contribution in [1.29, 1.82) is 0 Å². The molecule has 25 heavy (non-hydrogen) atoms. The van der Waals surface area contributed by atoms with Gasteiger partial charge in [0.05, 0.1) is 0 Å². The van der Waals surface area contributed by atoms with Gasteiger partial charge in [-0.1, -0.05) is 42.8 Å². The van der Waals surface area contributed by atoms with Crippen LogP contribution in [0.5, 0.6) is 5.75 Å². The van der Waals surface area contributed by atoms with Crippen molar-refractivity contribution in [3.63, 3.8) is 0 Å². The van der Waals surface area contributed by atoms with Gasteiger partial charge in [0, 0.05) is 11.6 Å². The third kappa shape index (κ3) is 6.09. The fraction of sp³-hybridized carbons (Fsp3) is 0.381. The quantitative estimate of drug-likeness (QED) is 0.683. The number of hydrogen-bond donors (Lipinski definition) is 1. The second kappa shape index (κ2) is 9.47. The molecule has 1 N–H and O–H groups in total. The van der Waals surface area contributed by atoms with Crippen LogP contribution < -0.4 is 10.1 Å². The summed E-state index contributed by atoms with van der Waals surface area (Å²) in [5.41, 5.74) is 3.37. The molecule has 0 aliphatic carbocycles. The Balaban J connectivity index is 1.82. The summed E-state index contributed by atoms with van der Waals surface area (Å²) in [6.07, 6.45) is 1.84. The normalized spacial score (nSPS) is 11.8. The summed E-state index contributed by atoms with van der Waals surface area (Å²) in [6, 6.07) is 13.8. The summed E-state index contributed by atoms with van der Waals surface area (Å²) < 4.78 is 5.89. The predicted octanol–water partition coefficient (Wildman–Crippen LogP) is 4.86. The average Bonchev–Trinajstić information content (AvgIpc) is 2.57. The molecule has 2 aromatic carbocycles. The average molecular weight is 360 g/mol. The standard InChI is InChI=1S/C21H26ClNO2/c1-4-20(25-18-13-15(2)12-16(3)14-18)21(24)23-11-7-9-17-8-5-6-10-19(17)22/h5-6,8,10,12-14,20H,4,7,9,11H2,1-3H3,(H,23,24)/t20-/m0/s1. The fourth-order valence-electron chi connectivity index (χ4n) is 2.79. The highest BCUT2D eigenvalue weighted by molar-refractivity contribution is 6.31. The molecule has 0 unspecified atom stereocenters. The summed E-state index contributed by atoms with van der Waals surface area (Å²) >= 11 is 6.15. The van der Waals surface area contributed by atoms with Gasteiger partial charge in [-0.3, -0.25) is 4.79 Å². The number of benzene rings is 2. The number of hydrogen-bond acceptors (Lipinski definition) is 2. The van der Waals surface area contributed by atoms with E-state index in [0.29, 0.717) is 13.0 Å². The zero-order chi connectivity index (χ0) is 18.2. The molecule has 1 amide bonds. The van der Waals surface area contributed by atoms with E-state index in [1.54, 1.807) is 0 Å². The van der Waals surface area contributed by atoms with Gasteiger partial charge in [0.25, 0.3) is 5.91 Å². The molecule has 2 aromatic rings. The topological polar surface area (TPSA) is 38.3 Å². The Hall–Kier alpha value is -2.00. The third-order valence-electron chi connectivity index (χ3n) is 4.02. The monoisotopic (exact) mass is 359 g/mol. The minimum absolute atomic E-state index is 0.0687. The number of aryl methyl sites for hydroxylation is 3. The van der Waals surface area contributed by atoms with E-state index in [2.05, 4.69) is 11.4 Å². The lowest BCUT2D eigenvalue weighted by Crippen LogP contribution is -2.38. The van der Waals surface area contributed by atoms with Gasteiger partial charge in [-0.2, -0.15) is 0 Å². The molecule has 3 nitrogen and oxygen atoms in total. The second-order valence-electron chi connectivity index (χ2n) is 6.32. The van der Waals surface area contributed by atoms with Crippen molar-refractivity contribution in [2.75, 3.05) is 6.54 Å². The summed E-state index contributed by atoms with van der Waals surface area (Å²) in [4.78, 5) is 12.4. The van der Waals surface area contributed by atoms with E-state index in [0.717, 1.165) is 40.3 Å². The Kier molecular flexibility index (Phi) is 7.32. The van der Waals surface area contributed by atoms with Crippen molar-refractivity contribution in [2.45, 2.75) is 46.1 Å². The Bertz CT molecular complexity index is 695. The molecule has 2 rings (SSSR count). The van der Waals surface area contributed by atoms with Crippen molar-refractivity contribution < 1.29 is 9.53 Å². The van der Waals surface area contributed by atoms with Crippen LogP contribution in [0.3, 0.4) is 0 Å². The van der Waals surface area contributed by atoms with Crippen LogP contribution in [0.4, 0.5) is 0 Å². The molecule has 0 saturated carbocycles. The summed E-state index contributed by atoms with van der Waals surface area (Å²) in [6.45, 7) is 6.61. The summed E-state index contributed by atoms with van der Waals surface area (Å²) in [5.74, 6) is 0.677. The lowest BCUT2D eigenvalue weighted by atomic mass is 10.1. The third-order valence-corrected chi connectivity index (χ3v) is 4.39. The Morgan fingerprint density at radius 2 is 1.84 bits per heavy atom. The zero-order valence-electron chi connectivity index (χ0n) is 15.1. The first-order chi connectivity index (χ1) is 12.0. The number of carbonyl (C=O) groups excluding carboxylic acids is 1. The van der Waals surface area contributed by atoms with Crippen LogP contribution in [0.1, 0.15) is 36.5 Å². The molecule has 0 aliphatic heterocycles. The van der Waals surface area contributed by atoms with Crippen molar-refractivity contribution in [2.24, 2.45) is 0 Å². The van der Waals surface area contributed by atoms with Crippen LogP contribution in [0, 0.1) is 13.8 Å². The van der Waals surface area contributed by atoms with Crippen molar-refractivity contribution >= 4 is 17.5 Å². The van der Waals surface area contributed by atoms with Crippen molar-refractivity contribution in [1.82, 2.24) is 5.32 Å². The highest BCUT2D eigenvalue weighted by Crippen LogP contribution is 2.19. The van der Waals surface area contributed by atoms with E-state index in [1.165, 1.54) is 0 Å². The van der Waals surface area contributed by atoms with Crippen LogP contribution in [0.2, 0.25) is 5.02 Å². The number of ether oxygens (including phenoxy) is 1. The van der Waals surface area contributed by atoms with Gasteiger partial charge in [0.1, 0.15) is 5.75 Å². The van der Waals surface area contributed by atoms with E-state index in [1.807, 2.05) is 57.2 Å². The summed E-state index contributed by atoms with van der Waals surface area (Å²) in [5, 5.41) is 3.74. The molecule has 134 valence electrons. The minimum Gasteiger partial charge on any atom is -0.481 e. The Morgan fingerprint density at radius 1 is 1.16 bits per heavy atom. The van der Waals surface area contributed by atoms with Crippen LogP contribution in [0.25, 0.3) is 0 Å². The van der Waals surface area contributed by atoms with Gasteiger partial charge >= 0.3 is 0 Å². The maximum absolute atomic E-state index is 12.4. The van der Waals surface area contributed by atoms with Gasteiger partial charge < -0.3 is 10.1 Å². The van der Waals surface area contributed by atoms with E-state index in [4.69, 9.17) is 16.3 Å². The number of nitrogens with one attached hydrogen (secondary N) is 1. The molecule has 0 aliphatic rings. The SMILES string of the molecule is CC[C@H](Oc1cc(C)cc(C)c1)C(=O)NCCCc1ccccc1Cl. The predicted molar refractivity (Wildman–Crippen MR) is 103 cm³/mol. The molecule has 0 aromatic heterocycles. The van der Waals surface area contributed by atoms with E-state index < -0.39 is 6.10 Å². The molecule has 0 bridgehead atoms. The minimum atomic E-state index is -0.471. The summed E-state index contributed by atoms with van der Waals surface area (Å²) in [7, 11) is 0. The molecule has 0 heterocycles. The molecule has 4 heteroatoms. The van der Waals surface area contributed by atoms with Crippen LogP contribution >= 0.6 is 11.6 Å². The first-order valence-corrected chi connectivity index (χ1v) is 9.13. The fourth-order valence-corrected chi connectivity index (χ4v) is 3.02. The van der Waals surface area contributed by atoms with Gasteiger partial charge in [0.15, 0.2) is 6.10 Å². The van der Waals surface area contributed by atoms with E-state index in [9.17, 15) is 4.79 Å². The molecular formula is C21H26ClNO2. The van der Waals surface area contributed by atoms with Crippen LogP contribution in [0.15, 0.2) is 42.5 Å². The second-order valence-corrected chi connectivity index (χ2v) is 6.73. The number of rotatable bonds is 8. The Morgan fingerprint density at radius 3 is 2.48 bits per heavy atom. The van der Waals surface area contributed by atoms with Gasteiger partial charge in [0.2, 0.25) is 0 Å². The first kappa shape index (κ1) is 19.3. The molecule has 0 fully saturated rings. The van der Waals surface area contributed by atoms with Crippen LogP contribution in [-0.4, -0.2) is 18.6 Å². The lowest BCUT2D eigenvalue weighted by Gasteiger charge is -2.18. The Labute approximate surface area is 155 Å². The van der Waals surface area contributed by atoms with Gasteiger partial charge in [-0.05, 0) is 68.0 Å². The van der Waals surface area contributed by atoms with Crippen molar-refractivity contribution in [3.05, 3.63) is 64.2 Å². The highest BCUT2D eigenvalue weighted by Gasteiger charge is 2.18. The maximum atomic E-state index is 12.4. The molecule has 0 radical (unpaired) electrons. The van der Waals surface area contributed by atoms with E-state index in [-0.39, 0.29) is 5.91 Å². The van der Waals surface area contributed by atoms with E-state index >= 15 is 0 Å². The van der Waals surface area contributed by atoms with Gasteiger partial charge in [-0.15, -0.1) is 0 Å². The first-order valence-electron chi connectivity index (χ1n) is 8.75. The molecule has 0 saturated heterocycles. The molecular weight excluding hydrogens is 334 g/mol.